The van der Waals surface area contributed by atoms with E-state index in [2.05, 4.69) is 12.2 Å². The van der Waals surface area contributed by atoms with Crippen molar-refractivity contribution in [2.45, 2.75) is 32.6 Å². The number of nitro benzene ring substituents is 1. The molecule has 0 bridgehead atoms. The Balaban J connectivity index is 2.15. The van der Waals surface area contributed by atoms with Gasteiger partial charge in [-0.2, -0.15) is 0 Å². The number of nitrogens with zero attached hydrogens (tertiary/aromatic N) is 1. The highest BCUT2D eigenvalue weighted by Gasteiger charge is 2.29. The molecule has 0 heterocycles. The Bertz CT molecular complexity index is 468. The number of benzene rings is 1. The van der Waals surface area contributed by atoms with E-state index in [9.17, 15) is 10.1 Å². The largest absolute Gasteiger partial charge is 0.497 e. The molecule has 19 heavy (non-hydrogen) atoms. The Morgan fingerprint density at radius 1 is 1.42 bits per heavy atom. The van der Waals surface area contributed by atoms with Crippen LogP contribution < -0.4 is 10.1 Å². The summed E-state index contributed by atoms with van der Waals surface area (Å²) in [4.78, 5) is 10.7. The van der Waals surface area contributed by atoms with Gasteiger partial charge in [0.15, 0.2) is 0 Å². The molecule has 1 aliphatic rings. The summed E-state index contributed by atoms with van der Waals surface area (Å²) in [6.07, 6.45) is 4.85. The third-order valence-electron chi connectivity index (χ3n) is 3.92. The molecule has 5 heteroatoms. The van der Waals surface area contributed by atoms with E-state index in [0.29, 0.717) is 11.4 Å². The number of hydrogen-bond donors (Lipinski definition) is 1. The molecule has 0 aliphatic heterocycles. The first kappa shape index (κ1) is 13.6. The highest BCUT2D eigenvalue weighted by molar-refractivity contribution is 5.64. The lowest BCUT2D eigenvalue weighted by Crippen LogP contribution is -2.23. The molecule has 0 unspecified atom stereocenters. The maximum atomic E-state index is 11.0. The number of rotatable bonds is 5. The average Bonchev–Trinajstić information content (AvgIpc) is 2.83. The molecular weight excluding hydrogens is 244 g/mol. The molecule has 104 valence electrons. The molecule has 1 aliphatic carbocycles. The van der Waals surface area contributed by atoms with Crippen LogP contribution >= 0.6 is 0 Å². The fourth-order valence-electron chi connectivity index (χ4n) is 2.66. The van der Waals surface area contributed by atoms with E-state index in [1.165, 1.54) is 31.7 Å². The van der Waals surface area contributed by atoms with Gasteiger partial charge in [-0.05, 0) is 24.3 Å². The van der Waals surface area contributed by atoms with E-state index < -0.39 is 0 Å². The summed E-state index contributed by atoms with van der Waals surface area (Å²) < 4.78 is 5.12. The molecule has 1 saturated carbocycles. The monoisotopic (exact) mass is 264 g/mol. The first-order chi connectivity index (χ1) is 9.04. The van der Waals surface area contributed by atoms with Gasteiger partial charge in [-0.15, -0.1) is 0 Å². The predicted molar refractivity (Wildman–Crippen MR) is 74.7 cm³/mol. The van der Waals surface area contributed by atoms with Crippen LogP contribution in [0.2, 0.25) is 0 Å². The van der Waals surface area contributed by atoms with Crippen LogP contribution in [0.5, 0.6) is 5.75 Å². The molecule has 1 N–H and O–H groups in total. The number of ether oxygens (including phenoxy) is 1. The van der Waals surface area contributed by atoms with Gasteiger partial charge in [0.2, 0.25) is 0 Å². The van der Waals surface area contributed by atoms with E-state index in [4.69, 9.17) is 4.74 Å². The predicted octanol–water partition coefficient (Wildman–Crippen LogP) is 3.60. The smallest absolute Gasteiger partial charge is 0.292 e. The molecule has 1 fully saturated rings. The summed E-state index contributed by atoms with van der Waals surface area (Å²) in [5.74, 6) is 0.629. The van der Waals surface area contributed by atoms with E-state index in [0.717, 1.165) is 6.54 Å². The third-order valence-corrected chi connectivity index (χ3v) is 3.92. The van der Waals surface area contributed by atoms with Gasteiger partial charge in [0.05, 0.1) is 12.0 Å². The lowest BCUT2D eigenvalue weighted by molar-refractivity contribution is -0.384. The van der Waals surface area contributed by atoms with E-state index in [-0.39, 0.29) is 16.0 Å². The number of methoxy groups -OCH3 is 1. The normalized spacial score (nSPS) is 17.2. The molecule has 0 radical (unpaired) electrons. The third kappa shape index (κ3) is 3.16. The molecule has 0 saturated heterocycles. The summed E-state index contributed by atoms with van der Waals surface area (Å²) >= 11 is 0. The second-order valence-electron chi connectivity index (χ2n) is 5.51. The van der Waals surface area contributed by atoms with Crippen molar-refractivity contribution < 1.29 is 9.66 Å². The van der Waals surface area contributed by atoms with Crippen LogP contribution in [0, 0.1) is 15.5 Å². The minimum absolute atomic E-state index is 0.0994. The van der Waals surface area contributed by atoms with Crippen LogP contribution in [0.1, 0.15) is 32.6 Å². The van der Waals surface area contributed by atoms with Gasteiger partial charge in [-0.1, -0.05) is 19.8 Å². The number of hydrogen-bond acceptors (Lipinski definition) is 4. The first-order valence-electron chi connectivity index (χ1n) is 6.60. The molecule has 0 atom stereocenters. The topological polar surface area (TPSA) is 64.4 Å². The van der Waals surface area contributed by atoms with E-state index in [1.54, 1.807) is 19.2 Å². The Hall–Kier alpha value is -1.78. The highest BCUT2D eigenvalue weighted by Crippen LogP contribution is 2.38. The van der Waals surface area contributed by atoms with Crippen molar-refractivity contribution in [2.24, 2.45) is 5.41 Å². The van der Waals surface area contributed by atoms with Crippen molar-refractivity contribution in [1.82, 2.24) is 0 Å². The van der Waals surface area contributed by atoms with Gasteiger partial charge >= 0.3 is 0 Å². The van der Waals surface area contributed by atoms with Crippen LogP contribution in [0.4, 0.5) is 11.4 Å². The molecule has 0 aromatic heterocycles. The molecule has 1 aromatic carbocycles. The van der Waals surface area contributed by atoms with Crippen molar-refractivity contribution >= 4 is 11.4 Å². The van der Waals surface area contributed by atoms with Gasteiger partial charge in [-0.3, -0.25) is 10.1 Å². The van der Waals surface area contributed by atoms with Gasteiger partial charge in [0.1, 0.15) is 11.4 Å². The summed E-state index contributed by atoms with van der Waals surface area (Å²) in [5.41, 5.74) is 0.886. The number of nitro groups is 1. The highest BCUT2D eigenvalue weighted by atomic mass is 16.6. The SMILES string of the molecule is COc1ccc([N+](=O)[O-])c(NCC2(C)CCCC2)c1. The fourth-order valence-corrected chi connectivity index (χ4v) is 2.66. The maximum absolute atomic E-state index is 11.0. The van der Waals surface area contributed by atoms with Crippen LogP contribution in [-0.2, 0) is 0 Å². The Labute approximate surface area is 113 Å². The van der Waals surface area contributed by atoms with Crippen LogP contribution in [-0.4, -0.2) is 18.6 Å². The fraction of sp³-hybridized carbons (Fsp3) is 0.571. The zero-order valence-electron chi connectivity index (χ0n) is 11.4. The summed E-state index contributed by atoms with van der Waals surface area (Å²) in [6, 6.07) is 4.79. The number of nitrogens with one attached hydrogen (secondary N) is 1. The van der Waals surface area contributed by atoms with Crippen LogP contribution in [0.25, 0.3) is 0 Å². The Morgan fingerprint density at radius 3 is 2.68 bits per heavy atom. The van der Waals surface area contributed by atoms with Gasteiger partial charge in [-0.25, -0.2) is 0 Å². The Kier molecular flexibility index (Phi) is 3.93. The molecule has 5 nitrogen and oxygen atoms in total. The molecule has 0 amide bonds. The second kappa shape index (κ2) is 5.47. The van der Waals surface area contributed by atoms with E-state index >= 15 is 0 Å². The lowest BCUT2D eigenvalue weighted by Gasteiger charge is -2.24. The van der Waals surface area contributed by atoms with Crippen molar-refractivity contribution in [1.29, 1.82) is 0 Å². The number of anilines is 1. The average molecular weight is 264 g/mol. The maximum Gasteiger partial charge on any atom is 0.292 e. The zero-order valence-corrected chi connectivity index (χ0v) is 11.4. The zero-order chi connectivity index (χ0) is 13.9. The van der Waals surface area contributed by atoms with Crippen LogP contribution in [0.3, 0.4) is 0 Å². The summed E-state index contributed by atoms with van der Waals surface area (Å²) in [6.45, 7) is 3.00. The van der Waals surface area contributed by atoms with Crippen LogP contribution in [0.15, 0.2) is 18.2 Å². The van der Waals surface area contributed by atoms with Crippen molar-refractivity contribution in [3.05, 3.63) is 28.3 Å². The minimum atomic E-state index is -0.362. The Morgan fingerprint density at radius 2 is 2.11 bits per heavy atom. The molecule has 1 aromatic rings. The minimum Gasteiger partial charge on any atom is -0.497 e. The standard InChI is InChI=1S/C14H20N2O3/c1-14(7-3-4-8-14)10-15-12-9-11(19-2)5-6-13(12)16(17)18/h5-6,9,15H,3-4,7-8,10H2,1-2H3. The first-order valence-corrected chi connectivity index (χ1v) is 6.60. The molecular formula is C14H20N2O3. The summed E-state index contributed by atoms with van der Waals surface area (Å²) in [5, 5.41) is 14.3. The van der Waals surface area contributed by atoms with E-state index in [1.807, 2.05) is 0 Å². The van der Waals surface area contributed by atoms with Crippen molar-refractivity contribution in [3.8, 4) is 5.75 Å². The van der Waals surface area contributed by atoms with Crippen molar-refractivity contribution in [2.75, 3.05) is 19.0 Å². The van der Waals surface area contributed by atoms with Gasteiger partial charge < -0.3 is 10.1 Å². The van der Waals surface area contributed by atoms with Gasteiger partial charge in [0.25, 0.3) is 5.69 Å². The van der Waals surface area contributed by atoms with Gasteiger partial charge in [0, 0.05) is 18.7 Å². The molecule has 2 rings (SSSR count). The molecule has 0 spiro atoms. The van der Waals surface area contributed by atoms with Crippen molar-refractivity contribution in [3.63, 3.8) is 0 Å². The second-order valence-corrected chi connectivity index (χ2v) is 5.51. The summed E-state index contributed by atoms with van der Waals surface area (Å²) in [7, 11) is 1.56. The lowest BCUT2D eigenvalue weighted by atomic mass is 9.89. The quantitative estimate of drug-likeness (QED) is 0.652.